The molecule has 11 rings (SSSR count). The Bertz CT molecular complexity index is 3000. The highest BCUT2D eigenvalue weighted by Crippen LogP contribution is 2.48. The summed E-state index contributed by atoms with van der Waals surface area (Å²) < 4.78 is 9.22. The van der Waals surface area contributed by atoms with Crippen molar-refractivity contribution in [2.45, 2.75) is 0 Å². The maximum absolute atomic E-state index is 6.66. The van der Waals surface area contributed by atoms with Crippen LogP contribution in [-0.4, -0.2) is 0 Å². The quantitative estimate of drug-likeness (QED) is 0.173. The fraction of sp³-hybridized carbons (Fsp3) is 0. The summed E-state index contributed by atoms with van der Waals surface area (Å²) in [5.41, 5.74) is 9.20. The van der Waals surface area contributed by atoms with Gasteiger partial charge in [-0.25, -0.2) is 0 Å². The van der Waals surface area contributed by atoms with Gasteiger partial charge in [-0.05, 0) is 84.4 Å². The van der Waals surface area contributed by atoms with E-state index in [2.05, 4.69) is 170 Å². The second-order valence-electron chi connectivity index (χ2n) is 13.2. The molecular formula is C48H28OS. The van der Waals surface area contributed by atoms with E-state index in [1.54, 1.807) is 0 Å². The van der Waals surface area contributed by atoms with Crippen molar-refractivity contribution in [2.24, 2.45) is 0 Å². The summed E-state index contributed by atoms with van der Waals surface area (Å²) in [6.07, 6.45) is 0. The average molecular weight is 653 g/mol. The van der Waals surface area contributed by atoms with Crippen LogP contribution in [0, 0.1) is 0 Å². The first-order chi connectivity index (χ1) is 24.8. The molecular weight excluding hydrogens is 625 g/mol. The minimum absolute atomic E-state index is 0.923. The summed E-state index contributed by atoms with van der Waals surface area (Å²) in [5, 5.41) is 12.4. The SMILES string of the molecule is c1ccc2cc(-c3c4ccccc4c(-c4ccc(-c5c6oc7ccccc7c6cc6c5sc5ccccc56)cc4)c4ccccc34)ccc2c1. The van der Waals surface area contributed by atoms with Gasteiger partial charge in [-0.2, -0.15) is 0 Å². The van der Waals surface area contributed by atoms with Crippen LogP contribution in [0.15, 0.2) is 174 Å². The van der Waals surface area contributed by atoms with Crippen LogP contribution in [0.2, 0.25) is 0 Å². The van der Waals surface area contributed by atoms with Crippen LogP contribution in [0.4, 0.5) is 0 Å². The third-order valence-corrected chi connectivity index (χ3v) is 11.6. The molecule has 0 fully saturated rings. The molecule has 9 aromatic carbocycles. The second kappa shape index (κ2) is 10.6. The number of hydrogen-bond acceptors (Lipinski definition) is 2. The third kappa shape index (κ3) is 4.00. The van der Waals surface area contributed by atoms with E-state index in [4.69, 9.17) is 4.42 Å². The van der Waals surface area contributed by atoms with Gasteiger partial charge in [0.1, 0.15) is 11.2 Å². The smallest absolute Gasteiger partial charge is 0.144 e. The van der Waals surface area contributed by atoms with Gasteiger partial charge in [0.05, 0.1) is 0 Å². The summed E-state index contributed by atoms with van der Waals surface area (Å²) in [6, 6.07) is 61.9. The molecule has 1 nitrogen and oxygen atoms in total. The van der Waals surface area contributed by atoms with Gasteiger partial charge in [0.2, 0.25) is 0 Å². The zero-order valence-electron chi connectivity index (χ0n) is 27.0. The van der Waals surface area contributed by atoms with E-state index in [9.17, 15) is 0 Å². The van der Waals surface area contributed by atoms with E-state index in [1.807, 2.05) is 11.3 Å². The predicted octanol–water partition coefficient (Wildman–Crippen LogP) is 14.4. The molecule has 0 saturated heterocycles. The summed E-state index contributed by atoms with van der Waals surface area (Å²) in [7, 11) is 0. The largest absolute Gasteiger partial charge is 0.455 e. The minimum atomic E-state index is 0.923. The Morgan fingerprint density at radius 3 is 1.56 bits per heavy atom. The van der Waals surface area contributed by atoms with Crippen LogP contribution in [-0.2, 0) is 0 Å². The van der Waals surface area contributed by atoms with Crippen LogP contribution in [0.1, 0.15) is 0 Å². The van der Waals surface area contributed by atoms with Crippen LogP contribution >= 0.6 is 11.3 Å². The van der Waals surface area contributed by atoms with E-state index in [-0.39, 0.29) is 0 Å². The van der Waals surface area contributed by atoms with Crippen LogP contribution in [0.25, 0.3) is 108 Å². The highest BCUT2D eigenvalue weighted by Gasteiger charge is 2.21. The lowest BCUT2D eigenvalue weighted by atomic mass is 9.85. The van der Waals surface area contributed by atoms with E-state index in [1.165, 1.54) is 80.3 Å². The third-order valence-electron chi connectivity index (χ3n) is 10.4. The first-order valence-corrected chi connectivity index (χ1v) is 17.9. The topological polar surface area (TPSA) is 13.1 Å². The number of thiophene rings is 1. The second-order valence-corrected chi connectivity index (χ2v) is 14.2. The van der Waals surface area contributed by atoms with Gasteiger partial charge in [0, 0.05) is 36.5 Å². The molecule has 0 radical (unpaired) electrons. The molecule has 232 valence electrons. The summed E-state index contributed by atoms with van der Waals surface area (Å²) >= 11 is 1.85. The number of fused-ring (bicyclic) bond motifs is 9. The summed E-state index contributed by atoms with van der Waals surface area (Å²) in [4.78, 5) is 0. The molecule has 0 bridgehead atoms. The molecule has 2 heterocycles. The first-order valence-electron chi connectivity index (χ1n) is 17.1. The van der Waals surface area contributed by atoms with Crippen molar-refractivity contribution in [1.82, 2.24) is 0 Å². The maximum atomic E-state index is 6.66. The molecule has 0 aliphatic carbocycles. The Balaban J connectivity index is 1.15. The Morgan fingerprint density at radius 1 is 0.340 bits per heavy atom. The lowest BCUT2D eigenvalue weighted by Crippen LogP contribution is -1.91. The van der Waals surface area contributed by atoms with Crippen LogP contribution in [0.3, 0.4) is 0 Å². The Labute approximate surface area is 292 Å². The van der Waals surface area contributed by atoms with Gasteiger partial charge >= 0.3 is 0 Å². The standard InChI is InChI=1S/C48H28OS/c1-2-12-32-27-33(26-21-29(32)11-1)45-38-17-5-3-15-36(38)44(37-16-4-6-18-39(37)45)30-22-24-31(25-23-30)46-47-40(34-13-7-9-19-42(34)49-47)28-41-35-14-8-10-20-43(35)50-48(41)46/h1-28H. The highest BCUT2D eigenvalue weighted by molar-refractivity contribution is 7.26. The zero-order valence-corrected chi connectivity index (χ0v) is 27.8. The molecule has 0 aliphatic heterocycles. The van der Waals surface area contributed by atoms with E-state index < -0.39 is 0 Å². The van der Waals surface area contributed by atoms with Crippen molar-refractivity contribution in [1.29, 1.82) is 0 Å². The van der Waals surface area contributed by atoms with Gasteiger partial charge in [-0.1, -0.05) is 146 Å². The predicted molar refractivity (Wildman–Crippen MR) is 215 cm³/mol. The Kier molecular flexibility index (Phi) is 5.89. The molecule has 0 atom stereocenters. The van der Waals surface area contributed by atoms with Crippen molar-refractivity contribution < 1.29 is 4.42 Å². The molecule has 0 aliphatic rings. The van der Waals surface area contributed by atoms with Crippen molar-refractivity contribution in [3.05, 3.63) is 170 Å². The molecule has 2 heteroatoms. The maximum Gasteiger partial charge on any atom is 0.144 e. The fourth-order valence-corrected chi connectivity index (χ4v) is 9.44. The molecule has 0 saturated carbocycles. The van der Waals surface area contributed by atoms with Gasteiger partial charge in [0.15, 0.2) is 0 Å². The van der Waals surface area contributed by atoms with Crippen molar-refractivity contribution in [2.75, 3.05) is 0 Å². The summed E-state index contributed by atoms with van der Waals surface area (Å²) in [5.74, 6) is 0. The van der Waals surface area contributed by atoms with Gasteiger partial charge < -0.3 is 4.42 Å². The minimum Gasteiger partial charge on any atom is -0.455 e. The fourth-order valence-electron chi connectivity index (χ4n) is 8.20. The van der Waals surface area contributed by atoms with E-state index >= 15 is 0 Å². The molecule has 0 amide bonds. The van der Waals surface area contributed by atoms with E-state index in [0.717, 1.165) is 27.5 Å². The molecule has 2 aromatic heterocycles. The number of hydrogen-bond donors (Lipinski definition) is 0. The monoisotopic (exact) mass is 652 g/mol. The Morgan fingerprint density at radius 2 is 0.860 bits per heavy atom. The van der Waals surface area contributed by atoms with Crippen LogP contribution < -0.4 is 0 Å². The van der Waals surface area contributed by atoms with Crippen molar-refractivity contribution >= 4 is 85.8 Å². The van der Waals surface area contributed by atoms with E-state index in [0.29, 0.717) is 0 Å². The zero-order chi connectivity index (χ0) is 32.8. The van der Waals surface area contributed by atoms with Crippen LogP contribution in [0.5, 0.6) is 0 Å². The van der Waals surface area contributed by atoms with Gasteiger partial charge in [0.25, 0.3) is 0 Å². The van der Waals surface area contributed by atoms with Crippen molar-refractivity contribution in [3.8, 4) is 33.4 Å². The molecule has 0 spiro atoms. The van der Waals surface area contributed by atoms with Gasteiger partial charge in [-0.15, -0.1) is 11.3 Å². The number of furan rings is 1. The molecule has 0 N–H and O–H groups in total. The van der Waals surface area contributed by atoms with Crippen molar-refractivity contribution in [3.63, 3.8) is 0 Å². The lowest BCUT2D eigenvalue weighted by molar-refractivity contribution is 0.670. The number of benzene rings is 9. The number of rotatable bonds is 3. The molecule has 0 unspecified atom stereocenters. The molecule has 50 heavy (non-hydrogen) atoms. The first kappa shape index (κ1) is 27.7. The van der Waals surface area contributed by atoms with Gasteiger partial charge in [-0.3, -0.25) is 0 Å². The Hall–Kier alpha value is -6.22. The molecule has 11 aromatic rings. The average Bonchev–Trinajstić information content (AvgIpc) is 3.74. The summed E-state index contributed by atoms with van der Waals surface area (Å²) in [6.45, 7) is 0. The highest BCUT2D eigenvalue weighted by atomic mass is 32.1. The lowest BCUT2D eigenvalue weighted by Gasteiger charge is -2.18. The number of para-hydroxylation sites is 1. The normalized spacial score (nSPS) is 12.0.